The van der Waals surface area contributed by atoms with E-state index in [1.807, 2.05) is 0 Å². The molecule has 1 aromatic carbocycles. The van der Waals surface area contributed by atoms with Crippen molar-refractivity contribution in [1.82, 2.24) is 0 Å². The van der Waals surface area contributed by atoms with E-state index < -0.39 is 0 Å². The van der Waals surface area contributed by atoms with E-state index in [4.69, 9.17) is 17.5 Å². The van der Waals surface area contributed by atoms with Gasteiger partial charge in [0.05, 0.1) is 6.61 Å². The maximum atomic E-state index is 12.4. The number of halogens is 3. The Morgan fingerprint density at radius 3 is 2.67 bits per heavy atom. The zero-order valence-electron chi connectivity index (χ0n) is 6.09. The van der Waals surface area contributed by atoms with Gasteiger partial charge in [-0.3, -0.25) is 4.84 Å². The Labute approximate surface area is 80.8 Å². The van der Waals surface area contributed by atoms with Crippen LogP contribution >= 0.6 is 24.0 Å². The van der Waals surface area contributed by atoms with E-state index in [0.29, 0.717) is 10.6 Å². The average molecular weight is 212 g/mol. The second kappa shape index (κ2) is 5.32. The Morgan fingerprint density at radius 2 is 2.17 bits per heavy atom. The van der Waals surface area contributed by atoms with E-state index in [-0.39, 0.29) is 24.8 Å². The largest absolute Gasteiger partial charge is 0.300 e. The lowest BCUT2D eigenvalue weighted by Gasteiger charge is -2.00. The van der Waals surface area contributed by atoms with E-state index in [1.54, 1.807) is 0 Å². The first-order valence-electron chi connectivity index (χ1n) is 2.99. The van der Waals surface area contributed by atoms with Crippen LogP contribution in [0.1, 0.15) is 5.56 Å². The zero-order chi connectivity index (χ0) is 8.27. The summed E-state index contributed by atoms with van der Waals surface area (Å²) in [6.45, 7) is 0.194. The molecule has 0 unspecified atom stereocenters. The van der Waals surface area contributed by atoms with Gasteiger partial charge in [-0.25, -0.2) is 10.3 Å². The number of benzene rings is 1. The molecule has 12 heavy (non-hydrogen) atoms. The molecule has 0 saturated heterocycles. The van der Waals surface area contributed by atoms with E-state index in [1.165, 1.54) is 18.2 Å². The second-order valence-corrected chi connectivity index (χ2v) is 2.45. The molecule has 0 fully saturated rings. The first-order chi connectivity index (χ1) is 5.24. The summed E-state index contributed by atoms with van der Waals surface area (Å²) in [6, 6.07) is 4.06. The van der Waals surface area contributed by atoms with E-state index in [2.05, 4.69) is 4.84 Å². The molecule has 1 rings (SSSR count). The molecule has 68 valence electrons. The van der Waals surface area contributed by atoms with Crippen molar-refractivity contribution in [2.45, 2.75) is 6.61 Å². The van der Waals surface area contributed by atoms with Gasteiger partial charge in [0.2, 0.25) is 0 Å². The Morgan fingerprint density at radius 1 is 1.50 bits per heavy atom. The molecule has 0 heterocycles. The van der Waals surface area contributed by atoms with Gasteiger partial charge in [-0.05, 0) is 17.7 Å². The van der Waals surface area contributed by atoms with Crippen molar-refractivity contribution in [3.8, 4) is 0 Å². The summed E-state index contributed by atoms with van der Waals surface area (Å²) in [5.74, 6) is 4.45. The van der Waals surface area contributed by atoms with Crippen molar-refractivity contribution in [3.63, 3.8) is 0 Å². The smallest absolute Gasteiger partial charge is 0.124 e. The zero-order valence-corrected chi connectivity index (χ0v) is 7.66. The lowest BCUT2D eigenvalue weighted by molar-refractivity contribution is 0.124. The molecule has 0 bridgehead atoms. The highest BCUT2D eigenvalue weighted by Crippen LogP contribution is 2.17. The minimum atomic E-state index is -0.365. The predicted octanol–water partition coefficient (Wildman–Crippen LogP) is 2.29. The lowest BCUT2D eigenvalue weighted by Crippen LogP contribution is -1.99. The van der Waals surface area contributed by atoms with Crippen LogP contribution < -0.4 is 5.90 Å². The van der Waals surface area contributed by atoms with Gasteiger partial charge in [0.25, 0.3) is 0 Å². The molecule has 2 nitrogen and oxygen atoms in total. The molecule has 0 aliphatic heterocycles. The summed E-state index contributed by atoms with van der Waals surface area (Å²) in [4.78, 5) is 4.34. The topological polar surface area (TPSA) is 35.2 Å². The minimum Gasteiger partial charge on any atom is -0.300 e. The number of rotatable bonds is 2. The fourth-order valence-corrected chi connectivity index (χ4v) is 0.950. The number of hydrogen-bond acceptors (Lipinski definition) is 2. The molecule has 0 saturated carbocycles. The van der Waals surface area contributed by atoms with Crippen LogP contribution in [0.5, 0.6) is 0 Å². The second-order valence-electron chi connectivity index (χ2n) is 2.05. The van der Waals surface area contributed by atoms with Crippen LogP contribution in [0.25, 0.3) is 0 Å². The van der Waals surface area contributed by atoms with Crippen LogP contribution in [0.3, 0.4) is 0 Å². The summed E-state index contributed by atoms with van der Waals surface area (Å²) in [5, 5.41) is 0.329. The maximum absolute atomic E-state index is 12.4. The Balaban J connectivity index is 0.00000121. The van der Waals surface area contributed by atoms with Gasteiger partial charge in [-0.2, -0.15) is 0 Å². The van der Waals surface area contributed by atoms with Crippen molar-refractivity contribution < 1.29 is 9.23 Å². The van der Waals surface area contributed by atoms with Crippen molar-refractivity contribution in [2.24, 2.45) is 5.90 Å². The normalized spacial score (nSPS) is 9.25. The molecule has 5 heteroatoms. The molecule has 0 aromatic heterocycles. The summed E-state index contributed by atoms with van der Waals surface area (Å²) in [6.07, 6.45) is 0. The van der Waals surface area contributed by atoms with Crippen LogP contribution in [0.4, 0.5) is 4.39 Å². The summed E-state index contributed by atoms with van der Waals surface area (Å²) >= 11 is 5.63. The molecule has 0 spiro atoms. The third-order valence-corrected chi connectivity index (χ3v) is 1.61. The van der Waals surface area contributed by atoms with E-state index in [9.17, 15) is 4.39 Å². The van der Waals surface area contributed by atoms with Crippen molar-refractivity contribution in [3.05, 3.63) is 34.6 Å². The minimum absolute atomic E-state index is 0. The first kappa shape index (κ1) is 11.6. The molecular formula is C7H8Cl2FNO. The summed E-state index contributed by atoms with van der Waals surface area (Å²) < 4.78 is 12.4. The molecule has 1 aromatic rings. The highest BCUT2D eigenvalue weighted by molar-refractivity contribution is 6.31. The fourth-order valence-electron chi connectivity index (χ4n) is 0.729. The number of nitrogens with two attached hydrogens (primary N) is 1. The van der Waals surface area contributed by atoms with Crippen molar-refractivity contribution >= 4 is 24.0 Å². The Bertz CT molecular complexity index is 257. The molecule has 0 atom stereocenters. The molecule has 0 aliphatic rings. The lowest BCUT2D eigenvalue weighted by atomic mass is 10.2. The van der Waals surface area contributed by atoms with Gasteiger partial charge < -0.3 is 0 Å². The summed E-state index contributed by atoms with van der Waals surface area (Å²) in [5.41, 5.74) is 0.676. The van der Waals surface area contributed by atoms with Crippen LogP contribution in [-0.2, 0) is 11.4 Å². The molecule has 0 aliphatic carbocycles. The fraction of sp³-hybridized carbons (Fsp3) is 0.143. The Hall–Kier alpha value is -0.350. The molecule has 2 N–H and O–H groups in total. The van der Waals surface area contributed by atoms with Gasteiger partial charge >= 0.3 is 0 Å². The predicted molar refractivity (Wildman–Crippen MR) is 47.6 cm³/mol. The number of hydrogen-bond donors (Lipinski definition) is 1. The van der Waals surface area contributed by atoms with E-state index >= 15 is 0 Å². The van der Waals surface area contributed by atoms with Crippen LogP contribution in [0, 0.1) is 5.82 Å². The van der Waals surface area contributed by atoms with Gasteiger partial charge in [0.15, 0.2) is 0 Å². The third kappa shape index (κ3) is 2.95. The highest BCUT2D eigenvalue weighted by atomic mass is 35.5. The third-order valence-electron chi connectivity index (χ3n) is 1.25. The van der Waals surface area contributed by atoms with Gasteiger partial charge in [0, 0.05) is 5.02 Å². The highest BCUT2D eigenvalue weighted by Gasteiger charge is 2.00. The molecule has 0 radical (unpaired) electrons. The standard InChI is InChI=1S/C7H7ClFNO.ClH/c8-7-3-6(9)2-1-5(7)4-11-10;/h1-3H,4,10H2;1H. The average Bonchev–Trinajstić information content (AvgIpc) is 1.95. The molecule has 0 amide bonds. The Kier molecular flexibility index (Phi) is 5.17. The van der Waals surface area contributed by atoms with E-state index in [0.717, 1.165) is 0 Å². The monoisotopic (exact) mass is 211 g/mol. The van der Waals surface area contributed by atoms with Crippen LogP contribution in [-0.4, -0.2) is 0 Å². The SMILES string of the molecule is Cl.NOCc1ccc(F)cc1Cl. The van der Waals surface area contributed by atoms with Gasteiger partial charge in [0.1, 0.15) is 5.82 Å². The van der Waals surface area contributed by atoms with Crippen LogP contribution in [0.2, 0.25) is 5.02 Å². The van der Waals surface area contributed by atoms with Crippen molar-refractivity contribution in [2.75, 3.05) is 0 Å². The quantitative estimate of drug-likeness (QED) is 0.763. The maximum Gasteiger partial charge on any atom is 0.124 e. The van der Waals surface area contributed by atoms with Crippen LogP contribution in [0.15, 0.2) is 18.2 Å². The summed E-state index contributed by atoms with van der Waals surface area (Å²) in [7, 11) is 0. The van der Waals surface area contributed by atoms with Gasteiger partial charge in [-0.1, -0.05) is 17.7 Å². The first-order valence-corrected chi connectivity index (χ1v) is 3.37. The van der Waals surface area contributed by atoms with Gasteiger partial charge in [-0.15, -0.1) is 12.4 Å². The molecular weight excluding hydrogens is 204 g/mol. The van der Waals surface area contributed by atoms with Crippen molar-refractivity contribution in [1.29, 1.82) is 0 Å².